The normalized spacial score (nSPS) is 18.1. The molecule has 1 aromatic heterocycles. The summed E-state index contributed by atoms with van der Waals surface area (Å²) in [6.45, 7) is 8.10. The molecular weight excluding hydrogens is 274 g/mol. The minimum absolute atomic E-state index is 0.0760. The van der Waals surface area contributed by atoms with Crippen LogP contribution in [0.5, 0.6) is 0 Å². The van der Waals surface area contributed by atoms with Crippen LogP contribution >= 0.6 is 0 Å². The Kier molecular flexibility index (Phi) is 3.63. The molecule has 0 saturated heterocycles. The van der Waals surface area contributed by atoms with Crippen molar-refractivity contribution in [1.29, 1.82) is 0 Å². The van der Waals surface area contributed by atoms with Crippen LogP contribution in [0.1, 0.15) is 44.0 Å². The number of fused-ring (bicyclic) bond motifs is 3. The van der Waals surface area contributed by atoms with Crippen LogP contribution in [-0.4, -0.2) is 22.6 Å². The van der Waals surface area contributed by atoms with Crippen LogP contribution in [0.25, 0.3) is 10.9 Å². The van der Waals surface area contributed by atoms with Crippen molar-refractivity contribution < 1.29 is 4.79 Å². The molecule has 0 saturated carbocycles. The van der Waals surface area contributed by atoms with Crippen LogP contribution in [0.3, 0.4) is 0 Å². The molecule has 3 rings (SSSR count). The zero-order chi connectivity index (χ0) is 15.9. The Labute approximate surface area is 131 Å². The topological polar surface area (TPSA) is 56.9 Å². The largest absolute Gasteiger partial charge is 0.358 e. The molecule has 118 valence electrons. The number of H-pyrrole nitrogens is 1. The second-order valence-electron chi connectivity index (χ2n) is 7.42. The number of aryl methyl sites for hydroxylation is 2. The maximum Gasteiger partial charge on any atom is 0.315 e. The van der Waals surface area contributed by atoms with Crippen molar-refractivity contribution in [2.24, 2.45) is 0 Å². The van der Waals surface area contributed by atoms with Gasteiger partial charge < -0.3 is 15.6 Å². The Balaban J connectivity index is 1.74. The molecule has 1 aliphatic rings. The van der Waals surface area contributed by atoms with Crippen LogP contribution in [-0.2, 0) is 12.8 Å². The van der Waals surface area contributed by atoms with Gasteiger partial charge in [0.25, 0.3) is 0 Å². The number of benzene rings is 1. The van der Waals surface area contributed by atoms with Crippen LogP contribution in [0, 0.1) is 6.92 Å². The van der Waals surface area contributed by atoms with E-state index in [1.165, 1.54) is 27.7 Å². The van der Waals surface area contributed by atoms with E-state index >= 15 is 0 Å². The summed E-state index contributed by atoms with van der Waals surface area (Å²) in [5, 5.41) is 7.41. The van der Waals surface area contributed by atoms with Gasteiger partial charge in [-0.3, -0.25) is 0 Å². The minimum Gasteiger partial charge on any atom is -0.358 e. The van der Waals surface area contributed by atoms with Crippen LogP contribution in [0.2, 0.25) is 0 Å². The van der Waals surface area contributed by atoms with Crippen molar-refractivity contribution >= 4 is 16.9 Å². The molecule has 4 heteroatoms. The molecule has 3 N–H and O–H groups in total. The molecule has 1 unspecified atom stereocenters. The molecule has 0 spiro atoms. The van der Waals surface area contributed by atoms with Gasteiger partial charge in [0.1, 0.15) is 0 Å². The molecule has 2 amide bonds. The first-order valence-electron chi connectivity index (χ1n) is 8.00. The monoisotopic (exact) mass is 299 g/mol. The number of aromatic amines is 1. The number of nitrogens with one attached hydrogen (secondary N) is 3. The molecule has 1 aromatic carbocycles. The molecule has 1 aliphatic carbocycles. The zero-order valence-corrected chi connectivity index (χ0v) is 13.8. The fraction of sp³-hybridized carbons (Fsp3) is 0.500. The lowest BCUT2D eigenvalue weighted by atomic mass is 9.91. The Bertz CT molecular complexity index is 709. The first kappa shape index (κ1) is 14.9. The molecule has 4 nitrogen and oxygen atoms in total. The Hall–Kier alpha value is -1.97. The molecule has 2 aromatic rings. The number of urea groups is 1. The van der Waals surface area contributed by atoms with Gasteiger partial charge in [-0.2, -0.15) is 0 Å². The number of hydrogen-bond donors (Lipinski definition) is 3. The number of amides is 2. The van der Waals surface area contributed by atoms with Gasteiger partial charge in [0.2, 0.25) is 0 Å². The summed E-state index contributed by atoms with van der Waals surface area (Å²) < 4.78 is 0. The van der Waals surface area contributed by atoms with Crippen molar-refractivity contribution in [3.05, 3.63) is 35.0 Å². The second kappa shape index (κ2) is 5.34. The average Bonchev–Trinajstić information content (AvgIpc) is 2.73. The number of aromatic nitrogens is 1. The third kappa shape index (κ3) is 3.11. The van der Waals surface area contributed by atoms with Gasteiger partial charge in [0.15, 0.2) is 0 Å². The second-order valence-corrected chi connectivity index (χ2v) is 7.42. The van der Waals surface area contributed by atoms with Gasteiger partial charge in [-0.25, -0.2) is 4.79 Å². The summed E-state index contributed by atoms with van der Waals surface area (Å²) in [6, 6.07) is 6.66. The van der Waals surface area contributed by atoms with E-state index in [9.17, 15) is 4.79 Å². The van der Waals surface area contributed by atoms with E-state index in [2.05, 4.69) is 40.7 Å². The lowest BCUT2D eigenvalue weighted by Gasteiger charge is -2.27. The number of carbonyl (C=O) groups is 1. The average molecular weight is 299 g/mol. The molecule has 0 fully saturated rings. The lowest BCUT2D eigenvalue weighted by molar-refractivity contribution is 0.226. The summed E-state index contributed by atoms with van der Waals surface area (Å²) >= 11 is 0. The van der Waals surface area contributed by atoms with Gasteiger partial charge in [-0.05, 0) is 58.2 Å². The summed E-state index contributed by atoms with van der Waals surface area (Å²) in [5.74, 6) is 0. The van der Waals surface area contributed by atoms with Crippen molar-refractivity contribution in [2.75, 3.05) is 0 Å². The fourth-order valence-electron chi connectivity index (χ4n) is 3.23. The van der Waals surface area contributed by atoms with Gasteiger partial charge in [0, 0.05) is 34.6 Å². The highest BCUT2D eigenvalue weighted by Gasteiger charge is 2.24. The summed E-state index contributed by atoms with van der Waals surface area (Å²) in [7, 11) is 0. The zero-order valence-electron chi connectivity index (χ0n) is 13.8. The van der Waals surface area contributed by atoms with E-state index in [1.54, 1.807) is 0 Å². The third-order valence-electron chi connectivity index (χ3n) is 4.17. The highest BCUT2D eigenvalue weighted by atomic mass is 16.2. The Morgan fingerprint density at radius 3 is 2.82 bits per heavy atom. The summed E-state index contributed by atoms with van der Waals surface area (Å²) in [5.41, 5.74) is 4.98. The van der Waals surface area contributed by atoms with Crippen LogP contribution in [0.4, 0.5) is 4.79 Å². The molecule has 0 bridgehead atoms. The predicted octanol–water partition coefficient (Wildman–Crippen LogP) is 3.43. The van der Waals surface area contributed by atoms with E-state index < -0.39 is 0 Å². The van der Waals surface area contributed by atoms with Gasteiger partial charge in [-0.15, -0.1) is 0 Å². The van der Waals surface area contributed by atoms with Crippen molar-refractivity contribution in [1.82, 2.24) is 15.6 Å². The van der Waals surface area contributed by atoms with Gasteiger partial charge in [0.05, 0.1) is 0 Å². The van der Waals surface area contributed by atoms with Gasteiger partial charge in [-0.1, -0.05) is 11.6 Å². The van der Waals surface area contributed by atoms with Crippen molar-refractivity contribution in [3.63, 3.8) is 0 Å². The number of hydrogen-bond acceptors (Lipinski definition) is 1. The Morgan fingerprint density at radius 2 is 2.09 bits per heavy atom. The van der Waals surface area contributed by atoms with Crippen LogP contribution < -0.4 is 10.6 Å². The molecule has 22 heavy (non-hydrogen) atoms. The first-order valence-corrected chi connectivity index (χ1v) is 8.00. The van der Waals surface area contributed by atoms with E-state index in [-0.39, 0.29) is 17.6 Å². The number of carbonyl (C=O) groups excluding carboxylic acids is 1. The maximum absolute atomic E-state index is 12.0. The number of rotatable bonds is 1. The summed E-state index contributed by atoms with van der Waals surface area (Å²) in [6.07, 6.45) is 2.88. The molecule has 0 radical (unpaired) electrons. The highest BCUT2D eigenvalue weighted by Crippen LogP contribution is 2.29. The molecular formula is C18H25N3O. The van der Waals surface area contributed by atoms with Crippen molar-refractivity contribution in [2.45, 2.75) is 58.5 Å². The van der Waals surface area contributed by atoms with E-state index in [4.69, 9.17) is 0 Å². The van der Waals surface area contributed by atoms with E-state index in [0.29, 0.717) is 0 Å². The fourth-order valence-corrected chi connectivity index (χ4v) is 3.23. The Morgan fingerprint density at radius 1 is 1.32 bits per heavy atom. The minimum atomic E-state index is -0.206. The lowest BCUT2D eigenvalue weighted by Crippen LogP contribution is -2.50. The molecule has 1 atom stereocenters. The summed E-state index contributed by atoms with van der Waals surface area (Å²) in [4.78, 5) is 15.5. The maximum atomic E-state index is 12.0. The SMILES string of the molecule is Cc1ccc2[nH]c3c(c2c1)CCC(NC(=O)NC(C)(C)C)C3. The quantitative estimate of drug-likeness (QED) is 0.742. The van der Waals surface area contributed by atoms with Gasteiger partial charge >= 0.3 is 6.03 Å². The predicted molar refractivity (Wildman–Crippen MR) is 90.3 cm³/mol. The van der Waals surface area contributed by atoms with E-state index in [0.717, 1.165) is 19.3 Å². The smallest absolute Gasteiger partial charge is 0.315 e. The van der Waals surface area contributed by atoms with Crippen LogP contribution in [0.15, 0.2) is 18.2 Å². The van der Waals surface area contributed by atoms with Crippen molar-refractivity contribution in [3.8, 4) is 0 Å². The van der Waals surface area contributed by atoms with E-state index in [1.807, 2.05) is 20.8 Å². The molecule has 0 aliphatic heterocycles. The molecule has 1 heterocycles. The highest BCUT2D eigenvalue weighted by molar-refractivity contribution is 5.85. The first-order chi connectivity index (χ1) is 10.3. The standard InChI is InChI=1S/C18H25N3O/c1-11-5-8-15-14(9-11)13-7-6-12(10-16(13)20-15)19-17(22)21-18(2,3)4/h5,8-9,12,20H,6-7,10H2,1-4H3,(H2,19,21,22). The third-order valence-corrected chi connectivity index (χ3v) is 4.17.